The first-order valence-electron chi connectivity index (χ1n) is 4.97. The number of rotatable bonds is 2. The summed E-state index contributed by atoms with van der Waals surface area (Å²) in [6, 6.07) is 8.56. The van der Waals surface area contributed by atoms with Gasteiger partial charge in [-0.25, -0.2) is 0 Å². The molecule has 0 saturated carbocycles. The highest BCUT2D eigenvalue weighted by Gasteiger charge is 2.05. The molecular formula is C12H13BrN2. The molecule has 0 radical (unpaired) electrons. The molecule has 15 heavy (non-hydrogen) atoms. The van der Waals surface area contributed by atoms with Crippen molar-refractivity contribution in [1.82, 2.24) is 10.2 Å². The Kier molecular flexibility index (Phi) is 2.91. The summed E-state index contributed by atoms with van der Waals surface area (Å²) in [7, 11) is 0. The number of benzene rings is 1. The van der Waals surface area contributed by atoms with Crippen molar-refractivity contribution in [3.63, 3.8) is 0 Å². The highest BCUT2D eigenvalue weighted by atomic mass is 79.9. The average molecular weight is 265 g/mol. The Morgan fingerprint density at radius 2 is 1.87 bits per heavy atom. The van der Waals surface area contributed by atoms with Crippen molar-refractivity contribution in [2.24, 2.45) is 0 Å². The van der Waals surface area contributed by atoms with Crippen LogP contribution in [0.25, 0.3) is 11.3 Å². The van der Waals surface area contributed by atoms with Gasteiger partial charge in [-0.05, 0) is 27.4 Å². The Bertz CT molecular complexity index is 443. The van der Waals surface area contributed by atoms with Gasteiger partial charge in [0.05, 0.1) is 16.4 Å². The molecule has 2 rings (SSSR count). The fraction of sp³-hybridized carbons (Fsp3) is 0.250. The Morgan fingerprint density at radius 3 is 2.33 bits per heavy atom. The number of aromatic nitrogens is 2. The van der Waals surface area contributed by atoms with E-state index < -0.39 is 0 Å². The Labute approximate surface area is 97.8 Å². The van der Waals surface area contributed by atoms with Gasteiger partial charge in [0.1, 0.15) is 0 Å². The molecule has 0 fully saturated rings. The fourth-order valence-corrected chi connectivity index (χ4v) is 1.93. The highest BCUT2D eigenvalue weighted by molar-refractivity contribution is 9.10. The lowest BCUT2D eigenvalue weighted by Crippen LogP contribution is -1.87. The maximum Gasteiger partial charge on any atom is 0.0792 e. The maximum absolute atomic E-state index is 3.98. The van der Waals surface area contributed by atoms with Gasteiger partial charge in [0.25, 0.3) is 0 Å². The summed E-state index contributed by atoms with van der Waals surface area (Å²) in [5.74, 6) is 0.573. The van der Waals surface area contributed by atoms with Crippen molar-refractivity contribution < 1.29 is 0 Å². The quantitative estimate of drug-likeness (QED) is 0.874. The SMILES string of the molecule is CC(C)c1ccc(-c2[nH]ncc2Br)cc1. The lowest BCUT2D eigenvalue weighted by molar-refractivity contribution is 0.867. The van der Waals surface area contributed by atoms with Crippen molar-refractivity contribution in [1.29, 1.82) is 0 Å². The fourth-order valence-electron chi connectivity index (χ4n) is 1.51. The van der Waals surface area contributed by atoms with E-state index in [0.29, 0.717) is 5.92 Å². The summed E-state index contributed by atoms with van der Waals surface area (Å²) >= 11 is 3.46. The molecule has 0 saturated heterocycles. The molecule has 1 heterocycles. The van der Waals surface area contributed by atoms with E-state index >= 15 is 0 Å². The molecule has 0 bridgehead atoms. The van der Waals surface area contributed by atoms with Crippen molar-refractivity contribution in [2.45, 2.75) is 19.8 Å². The lowest BCUT2D eigenvalue weighted by Gasteiger charge is -2.05. The first kappa shape index (κ1) is 10.4. The van der Waals surface area contributed by atoms with Crippen molar-refractivity contribution in [3.05, 3.63) is 40.5 Å². The van der Waals surface area contributed by atoms with Crippen molar-refractivity contribution in [2.75, 3.05) is 0 Å². The van der Waals surface area contributed by atoms with Crippen LogP contribution in [-0.4, -0.2) is 10.2 Å². The van der Waals surface area contributed by atoms with Gasteiger partial charge in [0, 0.05) is 5.56 Å². The molecule has 2 aromatic rings. The van der Waals surface area contributed by atoms with Gasteiger partial charge in [-0.1, -0.05) is 38.1 Å². The van der Waals surface area contributed by atoms with Crippen LogP contribution >= 0.6 is 15.9 Å². The molecule has 1 N–H and O–H groups in total. The minimum absolute atomic E-state index is 0.573. The molecule has 0 aliphatic rings. The zero-order valence-corrected chi connectivity index (χ0v) is 10.4. The summed E-state index contributed by atoms with van der Waals surface area (Å²) in [6.07, 6.45) is 1.77. The summed E-state index contributed by atoms with van der Waals surface area (Å²) < 4.78 is 1.000. The third kappa shape index (κ3) is 2.12. The van der Waals surface area contributed by atoms with Gasteiger partial charge in [-0.15, -0.1) is 0 Å². The van der Waals surface area contributed by atoms with E-state index in [0.717, 1.165) is 15.7 Å². The predicted octanol–water partition coefficient (Wildman–Crippen LogP) is 3.96. The van der Waals surface area contributed by atoms with E-state index in [4.69, 9.17) is 0 Å². The van der Waals surface area contributed by atoms with E-state index in [2.05, 4.69) is 64.2 Å². The van der Waals surface area contributed by atoms with Crippen LogP contribution in [0.5, 0.6) is 0 Å². The third-order valence-electron chi connectivity index (χ3n) is 2.46. The van der Waals surface area contributed by atoms with Crippen LogP contribution in [0.3, 0.4) is 0 Å². The van der Waals surface area contributed by atoms with E-state index in [1.54, 1.807) is 6.20 Å². The summed E-state index contributed by atoms with van der Waals surface area (Å²) in [6.45, 7) is 4.39. The van der Waals surface area contributed by atoms with Crippen LogP contribution in [0.2, 0.25) is 0 Å². The standard InChI is InChI=1S/C12H13BrN2/c1-8(2)9-3-5-10(6-4-9)12-11(13)7-14-15-12/h3-8H,1-2H3,(H,14,15). The number of nitrogens with zero attached hydrogens (tertiary/aromatic N) is 1. The molecule has 1 aromatic heterocycles. The van der Waals surface area contributed by atoms with Crippen LogP contribution in [0.15, 0.2) is 34.9 Å². The number of hydrogen-bond acceptors (Lipinski definition) is 1. The van der Waals surface area contributed by atoms with Crippen LogP contribution in [0.1, 0.15) is 25.3 Å². The van der Waals surface area contributed by atoms with Crippen LogP contribution in [0, 0.1) is 0 Å². The second-order valence-electron chi connectivity index (χ2n) is 3.87. The third-order valence-corrected chi connectivity index (χ3v) is 3.06. The number of hydrogen-bond donors (Lipinski definition) is 1. The largest absolute Gasteiger partial charge is 0.277 e. The molecule has 0 amide bonds. The van der Waals surface area contributed by atoms with Gasteiger partial charge in [0.2, 0.25) is 0 Å². The Morgan fingerprint density at radius 1 is 1.20 bits per heavy atom. The molecular weight excluding hydrogens is 252 g/mol. The van der Waals surface area contributed by atoms with Gasteiger partial charge < -0.3 is 0 Å². The van der Waals surface area contributed by atoms with Gasteiger partial charge in [0.15, 0.2) is 0 Å². The van der Waals surface area contributed by atoms with E-state index in [-0.39, 0.29) is 0 Å². The second-order valence-corrected chi connectivity index (χ2v) is 4.72. The summed E-state index contributed by atoms with van der Waals surface area (Å²) in [5.41, 5.74) is 3.54. The summed E-state index contributed by atoms with van der Waals surface area (Å²) in [5, 5.41) is 6.96. The topological polar surface area (TPSA) is 28.7 Å². The first-order valence-corrected chi connectivity index (χ1v) is 5.77. The van der Waals surface area contributed by atoms with Gasteiger partial charge in [-0.3, -0.25) is 5.10 Å². The normalized spacial score (nSPS) is 10.9. The first-order chi connectivity index (χ1) is 7.18. The van der Waals surface area contributed by atoms with Gasteiger partial charge in [-0.2, -0.15) is 5.10 Å². The molecule has 1 aromatic carbocycles. The van der Waals surface area contributed by atoms with E-state index in [1.807, 2.05) is 0 Å². The monoisotopic (exact) mass is 264 g/mol. The molecule has 0 atom stereocenters. The molecule has 0 aliphatic carbocycles. The van der Waals surface area contributed by atoms with Crippen molar-refractivity contribution >= 4 is 15.9 Å². The van der Waals surface area contributed by atoms with Crippen LogP contribution < -0.4 is 0 Å². The van der Waals surface area contributed by atoms with Crippen LogP contribution in [-0.2, 0) is 0 Å². The smallest absolute Gasteiger partial charge is 0.0792 e. The lowest BCUT2D eigenvalue weighted by atomic mass is 10.0. The molecule has 2 nitrogen and oxygen atoms in total. The van der Waals surface area contributed by atoms with E-state index in [9.17, 15) is 0 Å². The minimum atomic E-state index is 0.573. The maximum atomic E-state index is 3.98. The second kappa shape index (κ2) is 4.19. The summed E-state index contributed by atoms with van der Waals surface area (Å²) in [4.78, 5) is 0. The number of H-pyrrole nitrogens is 1. The molecule has 0 unspecified atom stereocenters. The number of nitrogens with one attached hydrogen (secondary N) is 1. The Hall–Kier alpha value is -1.09. The van der Waals surface area contributed by atoms with E-state index in [1.165, 1.54) is 5.56 Å². The Balaban J connectivity index is 2.36. The predicted molar refractivity (Wildman–Crippen MR) is 65.8 cm³/mol. The minimum Gasteiger partial charge on any atom is -0.277 e. The molecule has 0 spiro atoms. The highest BCUT2D eigenvalue weighted by Crippen LogP contribution is 2.26. The zero-order valence-electron chi connectivity index (χ0n) is 8.79. The number of halogens is 1. The van der Waals surface area contributed by atoms with Gasteiger partial charge >= 0.3 is 0 Å². The zero-order chi connectivity index (χ0) is 10.8. The van der Waals surface area contributed by atoms with Crippen molar-refractivity contribution in [3.8, 4) is 11.3 Å². The van der Waals surface area contributed by atoms with Crippen LogP contribution in [0.4, 0.5) is 0 Å². The molecule has 0 aliphatic heterocycles. The number of aromatic amines is 1. The molecule has 78 valence electrons. The average Bonchev–Trinajstić information content (AvgIpc) is 2.65. The molecule has 3 heteroatoms.